The van der Waals surface area contributed by atoms with Crippen LogP contribution in [0.3, 0.4) is 0 Å². The van der Waals surface area contributed by atoms with Crippen LogP contribution in [0.25, 0.3) is 0 Å². The van der Waals surface area contributed by atoms with Gasteiger partial charge >= 0.3 is 0 Å². The maximum absolute atomic E-state index is 4.21. The molecular formula is C8H8N2. The summed E-state index contributed by atoms with van der Waals surface area (Å²) in [5, 5.41) is 0. The monoisotopic (exact) mass is 132 g/mol. The number of hydrogen-bond donors (Lipinski definition) is 0. The van der Waals surface area contributed by atoms with Gasteiger partial charge in [-0.2, -0.15) is 0 Å². The van der Waals surface area contributed by atoms with Gasteiger partial charge in [0.05, 0.1) is 12.2 Å². The van der Waals surface area contributed by atoms with Crippen LogP contribution in [0.4, 0.5) is 0 Å². The van der Waals surface area contributed by atoms with E-state index in [-0.39, 0.29) is 0 Å². The summed E-state index contributed by atoms with van der Waals surface area (Å²) in [4.78, 5) is 8.31. The van der Waals surface area contributed by atoms with Crippen LogP contribution in [-0.2, 0) is 6.54 Å². The predicted molar refractivity (Wildman–Crippen MR) is 40.3 cm³/mol. The van der Waals surface area contributed by atoms with Crippen molar-refractivity contribution in [1.82, 2.24) is 4.98 Å². The molecule has 2 heteroatoms. The molecule has 2 rings (SSSR count). The van der Waals surface area contributed by atoms with Crippen molar-refractivity contribution in [1.29, 1.82) is 0 Å². The largest absolute Gasteiger partial charge is 0.286 e. The molecule has 1 aromatic heterocycles. The van der Waals surface area contributed by atoms with E-state index >= 15 is 0 Å². The first-order valence-corrected chi connectivity index (χ1v) is 3.31. The van der Waals surface area contributed by atoms with E-state index in [2.05, 4.69) is 16.0 Å². The Balaban J connectivity index is 2.59. The van der Waals surface area contributed by atoms with Crippen molar-refractivity contribution in [3.8, 4) is 0 Å². The Kier molecular flexibility index (Phi) is 1.07. The van der Waals surface area contributed by atoms with Gasteiger partial charge in [-0.1, -0.05) is 6.07 Å². The van der Waals surface area contributed by atoms with E-state index in [1.54, 1.807) is 0 Å². The SMILES string of the molecule is Cc1cnc2c(c1)CN=C2. The molecule has 0 fully saturated rings. The summed E-state index contributed by atoms with van der Waals surface area (Å²) in [5.41, 5.74) is 3.50. The Morgan fingerprint density at radius 1 is 1.50 bits per heavy atom. The maximum Gasteiger partial charge on any atom is 0.0858 e. The van der Waals surface area contributed by atoms with Crippen LogP contribution in [-0.4, -0.2) is 11.2 Å². The zero-order chi connectivity index (χ0) is 6.97. The fourth-order valence-corrected chi connectivity index (χ4v) is 1.11. The zero-order valence-corrected chi connectivity index (χ0v) is 5.83. The van der Waals surface area contributed by atoms with Crippen molar-refractivity contribution in [2.75, 3.05) is 0 Å². The molecule has 2 heterocycles. The van der Waals surface area contributed by atoms with Crippen molar-refractivity contribution >= 4 is 6.21 Å². The summed E-state index contributed by atoms with van der Waals surface area (Å²) in [6.45, 7) is 2.86. The molecule has 10 heavy (non-hydrogen) atoms. The van der Waals surface area contributed by atoms with E-state index in [9.17, 15) is 0 Å². The Labute approximate surface area is 59.6 Å². The summed E-state index contributed by atoms with van der Waals surface area (Å²) < 4.78 is 0. The van der Waals surface area contributed by atoms with Crippen molar-refractivity contribution in [2.45, 2.75) is 13.5 Å². The van der Waals surface area contributed by atoms with Crippen molar-refractivity contribution < 1.29 is 0 Å². The van der Waals surface area contributed by atoms with Gasteiger partial charge in [-0.15, -0.1) is 0 Å². The topological polar surface area (TPSA) is 25.2 Å². The lowest BCUT2D eigenvalue weighted by Gasteiger charge is -1.95. The predicted octanol–water partition coefficient (Wildman–Crippen LogP) is 1.32. The van der Waals surface area contributed by atoms with Crippen LogP contribution in [0.15, 0.2) is 17.3 Å². The highest BCUT2D eigenvalue weighted by Crippen LogP contribution is 2.12. The van der Waals surface area contributed by atoms with Crippen LogP contribution >= 0.6 is 0 Å². The number of nitrogens with zero attached hydrogens (tertiary/aromatic N) is 2. The van der Waals surface area contributed by atoms with Gasteiger partial charge in [0.1, 0.15) is 0 Å². The molecule has 0 radical (unpaired) electrons. The molecule has 2 nitrogen and oxygen atoms in total. The fraction of sp³-hybridized carbons (Fsp3) is 0.250. The zero-order valence-electron chi connectivity index (χ0n) is 5.83. The number of fused-ring (bicyclic) bond motifs is 1. The van der Waals surface area contributed by atoms with E-state index in [0.717, 1.165) is 12.2 Å². The third kappa shape index (κ3) is 0.727. The molecule has 50 valence electrons. The average Bonchev–Trinajstić information content (AvgIpc) is 2.33. The molecule has 0 aromatic carbocycles. The third-order valence-corrected chi connectivity index (χ3v) is 1.61. The smallest absolute Gasteiger partial charge is 0.0858 e. The van der Waals surface area contributed by atoms with E-state index in [1.165, 1.54) is 11.1 Å². The number of aryl methyl sites for hydroxylation is 1. The standard InChI is InChI=1S/C8H8N2/c1-6-2-7-4-9-5-8(7)10-3-6/h2-3,5H,4H2,1H3. The molecular weight excluding hydrogens is 124 g/mol. The minimum atomic E-state index is 0.810. The number of aromatic nitrogens is 1. The highest BCUT2D eigenvalue weighted by molar-refractivity contribution is 5.81. The lowest BCUT2D eigenvalue weighted by molar-refractivity contribution is 1.08. The average molecular weight is 132 g/mol. The Bertz CT molecular complexity index is 289. The molecule has 0 amide bonds. The number of pyridine rings is 1. The summed E-state index contributed by atoms with van der Waals surface area (Å²) >= 11 is 0. The number of aliphatic imine (C=N–C) groups is 1. The maximum atomic E-state index is 4.21. The molecule has 1 aliphatic rings. The van der Waals surface area contributed by atoms with Crippen molar-refractivity contribution in [2.24, 2.45) is 4.99 Å². The Morgan fingerprint density at radius 3 is 3.30 bits per heavy atom. The molecule has 0 bridgehead atoms. The van der Waals surface area contributed by atoms with Gasteiger partial charge in [0.2, 0.25) is 0 Å². The minimum Gasteiger partial charge on any atom is -0.286 e. The second-order valence-corrected chi connectivity index (χ2v) is 2.53. The quantitative estimate of drug-likeness (QED) is 0.522. The van der Waals surface area contributed by atoms with Gasteiger partial charge in [0.25, 0.3) is 0 Å². The molecule has 0 N–H and O–H groups in total. The molecule has 0 atom stereocenters. The Morgan fingerprint density at radius 2 is 2.40 bits per heavy atom. The van der Waals surface area contributed by atoms with Crippen LogP contribution in [0, 0.1) is 6.92 Å². The van der Waals surface area contributed by atoms with Crippen molar-refractivity contribution in [3.05, 3.63) is 29.1 Å². The lowest BCUT2D eigenvalue weighted by atomic mass is 10.2. The van der Waals surface area contributed by atoms with Crippen LogP contribution in [0.1, 0.15) is 16.8 Å². The number of rotatable bonds is 0. The summed E-state index contributed by atoms with van der Waals surface area (Å²) in [5.74, 6) is 0. The molecule has 1 aromatic rings. The number of hydrogen-bond acceptors (Lipinski definition) is 2. The normalized spacial score (nSPS) is 13.7. The first-order chi connectivity index (χ1) is 4.86. The minimum absolute atomic E-state index is 0.810. The van der Waals surface area contributed by atoms with Gasteiger partial charge in [-0.3, -0.25) is 9.98 Å². The molecule has 0 unspecified atom stereocenters. The van der Waals surface area contributed by atoms with E-state index < -0.39 is 0 Å². The van der Waals surface area contributed by atoms with Gasteiger partial charge in [-0.25, -0.2) is 0 Å². The van der Waals surface area contributed by atoms with Gasteiger partial charge in [-0.05, 0) is 12.5 Å². The fourth-order valence-electron chi connectivity index (χ4n) is 1.11. The lowest BCUT2D eigenvalue weighted by Crippen LogP contribution is -1.89. The van der Waals surface area contributed by atoms with Crippen LogP contribution in [0.5, 0.6) is 0 Å². The van der Waals surface area contributed by atoms with Crippen molar-refractivity contribution in [3.63, 3.8) is 0 Å². The second kappa shape index (κ2) is 1.90. The second-order valence-electron chi connectivity index (χ2n) is 2.53. The molecule has 0 spiro atoms. The van der Waals surface area contributed by atoms with Gasteiger partial charge in [0, 0.05) is 18.0 Å². The van der Waals surface area contributed by atoms with Gasteiger partial charge in [0.15, 0.2) is 0 Å². The van der Waals surface area contributed by atoms with E-state index in [4.69, 9.17) is 0 Å². The Hall–Kier alpha value is -1.18. The first-order valence-electron chi connectivity index (χ1n) is 3.31. The molecule has 0 saturated carbocycles. The highest BCUT2D eigenvalue weighted by Gasteiger charge is 2.05. The molecule has 0 saturated heterocycles. The molecule has 1 aliphatic heterocycles. The summed E-state index contributed by atoms with van der Waals surface area (Å²) in [6.07, 6.45) is 3.70. The molecule has 0 aliphatic carbocycles. The summed E-state index contributed by atoms with van der Waals surface area (Å²) in [6, 6.07) is 2.13. The van der Waals surface area contributed by atoms with Crippen LogP contribution in [0.2, 0.25) is 0 Å². The van der Waals surface area contributed by atoms with E-state index in [1.807, 2.05) is 19.3 Å². The first kappa shape index (κ1) is 5.59. The third-order valence-electron chi connectivity index (χ3n) is 1.61. The highest BCUT2D eigenvalue weighted by atomic mass is 14.8. The van der Waals surface area contributed by atoms with Gasteiger partial charge < -0.3 is 0 Å². The van der Waals surface area contributed by atoms with Crippen LogP contribution < -0.4 is 0 Å². The summed E-state index contributed by atoms with van der Waals surface area (Å²) in [7, 11) is 0. The van der Waals surface area contributed by atoms with E-state index in [0.29, 0.717) is 0 Å².